The van der Waals surface area contributed by atoms with Crippen LogP contribution in [0.5, 0.6) is 0 Å². The molecular formula is C11H20N6O. The molecular weight excluding hydrogens is 232 g/mol. The lowest BCUT2D eigenvalue weighted by Gasteiger charge is -2.24. The molecule has 1 aliphatic carbocycles. The first-order valence-corrected chi connectivity index (χ1v) is 6.20. The zero-order valence-electron chi connectivity index (χ0n) is 10.8. The van der Waals surface area contributed by atoms with E-state index in [1.54, 1.807) is 0 Å². The number of amides is 1. The third-order valence-electron chi connectivity index (χ3n) is 3.27. The Morgan fingerprint density at radius 3 is 3.00 bits per heavy atom. The van der Waals surface area contributed by atoms with E-state index in [0.29, 0.717) is 18.6 Å². The van der Waals surface area contributed by atoms with E-state index in [9.17, 15) is 4.79 Å². The van der Waals surface area contributed by atoms with Crippen LogP contribution in [0.4, 0.5) is 5.95 Å². The number of likely N-dealkylation sites (N-methyl/N-ethyl adjacent to an activating group) is 1. The minimum absolute atomic E-state index is 0.0732. The van der Waals surface area contributed by atoms with Crippen molar-refractivity contribution in [3.05, 3.63) is 6.33 Å². The zero-order chi connectivity index (χ0) is 13.1. The molecule has 3 N–H and O–H groups in total. The number of anilines is 1. The number of carbonyl (C=O) groups is 1. The summed E-state index contributed by atoms with van der Waals surface area (Å²) in [6.07, 6.45) is 3.99. The fraction of sp³-hybridized carbons (Fsp3) is 0.727. The summed E-state index contributed by atoms with van der Waals surface area (Å²) < 4.78 is 1.43. The van der Waals surface area contributed by atoms with Crippen LogP contribution in [-0.4, -0.2) is 51.2 Å². The zero-order valence-corrected chi connectivity index (χ0v) is 10.8. The summed E-state index contributed by atoms with van der Waals surface area (Å²) in [6, 6.07) is 1.05. The first-order valence-electron chi connectivity index (χ1n) is 6.20. The molecule has 0 aromatic carbocycles. The highest BCUT2D eigenvalue weighted by molar-refractivity contribution is 5.75. The Kier molecular flexibility index (Phi) is 3.81. The number of nitrogen functional groups attached to an aromatic ring is 1. The molecule has 0 bridgehead atoms. The molecule has 0 saturated heterocycles. The van der Waals surface area contributed by atoms with Crippen molar-refractivity contribution in [2.75, 3.05) is 19.3 Å². The van der Waals surface area contributed by atoms with Crippen molar-refractivity contribution >= 4 is 11.9 Å². The number of nitrogens with zero attached hydrogens (tertiary/aromatic N) is 4. The normalized spacial score (nSPS) is 16.8. The van der Waals surface area contributed by atoms with E-state index in [1.807, 2.05) is 0 Å². The lowest BCUT2D eigenvalue weighted by molar-refractivity contribution is -0.122. The van der Waals surface area contributed by atoms with E-state index in [4.69, 9.17) is 5.73 Å². The number of hydrogen-bond donors (Lipinski definition) is 2. The van der Waals surface area contributed by atoms with Gasteiger partial charge in [-0.25, -0.2) is 9.67 Å². The number of rotatable bonds is 6. The van der Waals surface area contributed by atoms with Gasteiger partial charge < -0.3 is 11.1 Å². The van der Waals surface area contributed by atoms with Gasteiger partial charge in [0, 0.05) is 18.6 Å². The van der Waals surface area contributed by atoms with Crippen molar-refractivity contribution < 1.29 is 4.79 Å². The van der Waals surface area contributed by atoms with Gasteiger partial charge in [0.25, 0.3) is 0 Å². The van der Waals surface area contributed by atoms with Gasteiger partial charge in [-0.15, -0.1) is 5.10 Å². The minimum atomic E-state index is -0.0732. The molecule has 1 unspecified atom stereocenters. The summed E-state index contributed by atoms with van der Waals surface area (Å²) in [4.78, 5) is 17.8. The number of nitrogens with two attached hydrogens (primary N) is 1. The largest absolute Gasteiger partial charge is 0.367 e. The quantitative estimate of drug-likeness (QED) is 0.709. The standard InChI is InChI=1S/C11H20N6O/c1-8(16(2)9-3-4-9)5-13-10(18)6-17-7-14-11(12)15-17/h7-9H,3-6H2,1-2H3,(H2,12,15)(H,13,18). The fourth-order valence-electron chi connectivity index (χ4n) is 1.84. The van der Waals surface area contributed by atoms with Crippen LogP contribution in [0, 0.1) is 0 Å². The molecule has 1 aromatic rings. The highest BCUT2D eigenvalue weighted by Gasteiger charge is 2.29. The van der Waals surface area contributed by atoms with Crippen molar-refractivity contribution in [3.8, 4) is 0 Å². The molecule has 1 saturated carbocycles. The maximum absolute atomic E-state index is 11.7. The van der Waals surface area contributed by atoms with Crippen LogP contribution >= 0.6 is 0 Å². The Balaban J connectivity index is 1.70. The third kappa shape index (κ3) is 3.43. The second kappa shape index (κ2) is 5.34. The van der Waals surface area contributed by atoms with Gasteiger partial charge in [-0.05, 0) is 26.8 Å². The molecule has 100 valence electrons. The van der Waals surface area contributed by atoms with Crippen LogP contribution in [0.1, 0.15) is 19.8 Å². The number of aromatic nitrogens is 3. The maximum atomic E-state index is 11.7. The molecule has 0 aliphatic heterocycles. The van der Waals surface area contributed by atoms with E-state index < -0.39 is 0 Å². The van der Waals surface area contributed by atoms with Crippen LogP contribution < -0.4 is 11.1 Å². The van der Waals surface area contributed by atoms with Crippen molar-refractivity contribution in [2.45, 2.75) is 38.4 Å². The van der Waals surface area contributed by atoms with Crippen LogP contribution in [-0.2, 0) is 11.3 Å². The topological polar surface area (TPSA) is 89.1 Å². The van der Waals surface area contributed by atoms with Crippen LogP contribution in [0.25, 0.3) is 0 Å². The number of carbonyl (C=O) groups excluding carboxylic acids is 1. The Hall–Kier alpha value is -1.63. The predicted molar refractivity (Wildman–Crippen MR) is 67.7 cm³/mol. The van der Waals surface area contributed by atoms with E-state index in [1.165, 1.54) is 23.9 Å². The van der Waals surface area contributed by atoms with E-state index in [2.05, 4.69) is 34.3 Å². The first kappa shape index (κ1) is 12.8. The van der Waals surface area contributed by atoms with Gasteiger partial charge in [0.05, 0.1) is 0 Å². The van der Waals surface area contributed by atoms with Crippen LogP contribution in [0.3, 0.4) is 0 Å². The Labute approximate surface area is 106 Å². The number of nitrogens with one attached hydrogen (secondary N) is 1. The van der Waals surface area contributed by atoms with E-state index in [-0.39, 0.29) is 18.4 Å². The molecule has 2 rings (SSSR count). The van der Waals surface area contributed by atoms with Gasteiger partial charge in [0.2, 0.25) is 11.9 Å². The molecule has 1 aliphatic rings. The minimum Gasteiger partial charge on any atom is -0.367 e. The monoisotopic (exact) mass is 252 g/mol. The molecule has 7 heteroatoms. The summed E-state index contributed by atoms with van der Waals surface area (Å²) in [6.45, 7) is 2.92. The van der Waals surface area contributed by atoms with Crippen molar-refractivity contribution in [1.29, 1.82) is 0 Å². The SMILES string of the molecule is CC(CNC(=O)Cn1cnc(N)n1)N(C)C1CC1. The molecule has 18 heavy (non-hydrogen) atoms. The average molecular weight is 252 g/mol. The van der Waals surface area contributed by atoms with Crippen molar-refractivity contribution in [2.24, 2.45) is 0 Å². The van der Waals surface area contributed by atoms with Gasteiger partial charge >= 0.3 is 0 Å². The molecule has 1 aromatic heterocycles. The van der Waals surface area contributed by atoms with E-state index in [0.717, 1.165) is 0 Å². The summed E-state index contributed by atoms with van der Waals surface area (Å²) in [5.41, 5.74) is 5.38. The maximum Gasteiger partial charge on any atom is 0.241 e. The van der Waals surface area contributed by atoms with Gasteiger partial charge in [0.15, 0.2) is 0 Å². The Bertz CT molecular complexity index is 413. The van der Waals surface area contributed by atoms with Crippen LogP contribution in [0.15, 0.2) is 6.33 Å². The van der Waals surface area contributed by atoms with Gasteiger partial charge in [-0.1, -0.05) is 0 Å². The fourth-order valence-corrected chi connectivity index (χ4v) is 1.84. The first-order chi connectivity index (χ1) is 8.56. The van der Waals surface area contributed by atoms with Crippen molar-refractivity contribution in [1.82, 2.24) is 25.0 Å². The molecule has 7 nitrogen and oxygen atoms in total. The Morgan fingerprint density at radius 2 is 2.44 bits per heavy atom. The summed E-state index contributed by atoms with van der Waals surface area (Å²) >= 11 is 0. The van der Waals surface area contributed by atoms with E-state index >= 15 is 0 Å². The number of hydrogen-bond acceptors (Lipinski definition) is 5. The van der Waals surface area contributed by atoms with Crippen LogP contribution in [0.2, 0.25) is 0 Å². The lowest BCUT2D eigenvalue weighted by Crippen LogP contribution is -2.42. The summed E-state index contributed by atoms with van der Waals surface area (Å²) in [5.74, 6) is 0.112. The van der Waals surface area contributed by atoms with Gasteiger partial charge in [0.1, 0.15) is 12.9 Å². The highest BCUT2D eigenvalue weighted by Crippen LogP contribution is 2.26. The summed E-state index contributed by atoms with van der Waals surface area (Å²) in [5, 5.41) is 6.76. The molecule has 1 fully saturated rings. The van der Waals surface area contributed by atoms with Crippen molar-refractivity contribution in [3.63, 3.8) is 0 Å². The third-order valence-corrected chi connectivity index (χ3v) is 3.27. The second-order valence-electron chi connectivity index (χ2n) is 4.85. The molecule has 1 heterocycles. The predicted octanol–water partition coefficient (Wildman–Crippen LogP) is -0.541. The van der Waals surface area contributed by atoms with Gasteiger partial charge in [-0.3, -0.25) is 9.69 Å². The molecule has 1 amide bonds. The average Bonchev–Trinajstić information content (AvgIpc) is 3.10. The highest BCUT2D eigenvalue weighted by atomic mass is 16.2. The molecule has 1 atom stereocenters. The molecule has 0 spiro atoms. The van der Waals surface area contributed by atoms with Gasteiger partial charge in [-0.2, -0.15) is 0 Å². The summed E-state index contributed by atoms with van der Waals surface area (Å²) in [7, 11) is 2.10. The Morgan fingerprint density at radius 1 is 1.72 bits per heavy atom. The lowest BCUT2D eigenvalue weighted by atomic mass is 10.3. The second-order valence-corrected chi connectivity index (χ2v) is 4.85. The molecule has 0 radical (unpaired) electrons. The smallest absolute Gasteiger partial charge is 0.241 e.